The van der Waals surface area contributed by atoms with Crippen molar-refractivity contribution in [2.75, 3.05) is 12.4 Å². The van der Waals surface area contributed by atoms with Gasteiger partial charge in [0.25, 0.3) is 5.91 Å². The zero-order chi connectivity index (χ0) is 11.3. The summed E-state index contributed by atoms with van der Waals surface area (Å²) in [6.07, 6.45) is 1.49. The Morgan fingerprint density at radius 2 is 2.20 bits per heavy atom. The molecule has 0 bridgehead atoms. The van der Waals surface area contributed by atoms with Gasteiger partial charge in [-0.1, -0.05) is 6.07 Å². The third-order valence-electron chi connectivity index (χ3n) is 1.88. The number of allylic oxidation sites excluding steroid dienone is 1. The van der Waals surface area contributed by atoms with Crippen molar-refractivity contribution in [1.82, 2.24) is 10.3 Å². The number of carbonyl (C=O) groups excluding carboxylic acids is 1. The van der Waals surface area contributed by atoms with E-state index in [9.17, 15) is 4.79 Å². The minimum atomic E-state index is -0.181. The van der Waals surface area contributed by atoms with Crippen LogP contribution in [0.1, 0.15) is 12.6 Å². The van der Waals surface area contributed by atoms with E-state index >= 15 is 0 Å². The number of nitrogens with one attached hydrogen (secondary N) is 2. The van der Waals surface area contributed by atoms with E-state index in [0.717, 1.165) is 11.4 Å². The minimum absolute atomic E-state index is 0.181. The fourth-order valence-corrected chi connectivity index (χ4v) is 1.04. The van der Waals surface area contributed by atoms with Crippen molar-refractivity contribution in [3.8, 4) is 0 Å². The molecule has 15 heavy (non-hydrogen) atoms. The summed E-state index contributed by atoms with van der Waals surface area (Å²) < 4.78 is 0. The molecular weight excluding hydrogens is 190 g/mol. The Hall–Kier alpha value is -1.84. The van der Waals surface area contributed by atoms with Crippen LogP contribution >= 0.6 is 0 Å². The summed E-state index contributed by atoms with van der Waals surface area (Å²) in [4.78, 5) is 15.6. The van der Waals surface area contributed by atoms with Crippen molar-refractivity contribution in [1.29, 1.82) is 0 Å². The highest BCUT2D eigenvalue weighted by Gasteiger charge is 1.99. The molecule has 1 aromatic rings. The first-order valence-corrected chi connectivity index (χ1v) is 4.72. The van der Waals surface area contributed by atoms with E-state index in [1.165, 1.54) is 6.08 Å². The Morgan fingerprint density at radius 1 is 1.47 bits per heavy atom. The molecule has 1 amide bonds. The number of rotatable bonds is 3. The average Bonchev–Trinajstić information content (AvgIpc) is 2.17. The van der Waals surface area contributed by atoms with Gasteiger partial charge < -0.3 is 10.6 Å². The molecule has 1 aromatic heterocycles. The second kappa shape index (κ2) is 5.14. The van der Waals surface area contributed by atoms with Gasteiger partial charge in [-0.05, 0) is 26.0 Å². The number of amides is 1. The first kappa shape index (κ1) is 11.2. The van der Waals surface area contributed by atoms with Crippen molar-refractivity contribution in [3.05, 3.63) is 35.7 Å². The standard InChI is InChI=1S/C11H15N3O/c1-8-5-4-6-10(13-8)14-11(15)7-9(2)12-3/h4-7,12H,1-3H3,(H,13,14,15)/b9-7-. The molecule has 2 N–H and O–H groups in total. The lowest BCUT2D eigenvalue weighted by Gasteiger charge is -2.03. The molecule has 0 radical (unpaired) electrons. The molecule has 0 spiro atoms. The maximum Gasteiger partial charge on any atom is 0.251 e. The molecule has 4 nitrogen and oxygen atoms in total. The lowest BCUT2D eigenvalue weighted by atomic mass is 10.3. The Labute approximate surface area is 89.4 Å². The van der Waals surface area contributed by atoms with Crippen molar-refractivity contribution in [3.63, 3.8) is 0 Å². The molecule has 0 aliphatic rings. The molecule has 0 atom stereocenters. The number of carbonyl (C=O) groups is 1. The van der Waals surface area contributed by atoms with Crippen LogP contribution in [0.3, 0.4) is 0 Å². The Kier molecular flexibility index (Phi) is 3.85. The van der Waals surface area contributed by atoms with E-state index in [4.69, 9.17) is 0 Å². The first-order chi connectivity index (χ1) is 7.11. The van der Waals surface area contributed by atoms with Gasteiger partial charge in [0.2, 0.25) is 0 Å². The maximum atomic E-state index is 11.4. The van der Waals surface area contributed by atoms with Crippen LogP contribution in [0.25, 0.3) is 0 Å². The number of hydrogen-bond donors (Lipinski definition) is 2. The molecule has 4 heteroatoms. The predicted molar refractivity (Wildman–Crippen MR) is 60.4 cm³/mol. The summed E-state index contributed by atoms with van der Waals surface area (Å²) >= 11 is 0. The van der Waals surface area contributed by atoms with Gasteiger partial charge in [0.05, 0.1) is 0 Å². The monoisotopic (exact) mass is 205 g/mol. The van der Waals surface area contributed by atoms with Gasteiger partial charge in [0, 0.05) is 24.5 Å². The molecule has 0 aromatic carbocycles. The molecule has 0 saturated heterocycles. The van der Waals surface area contributed by atoms with Crippen molar-refractivity contribution >= 4 is 11.7 Å². The van der Waals surface area contributed by atoms with Crippen LogP contribution in [0.15, 0.2) is 30.0 Å². The van der Waals surface area contributed by atoms with Gasteiger partial charge in [-0.25, -0.2) is 4.98 Å². The first-order valence-electron chi connectivity index (χ1n) is 4.72. The molecule has 1 rings (SSSR count). The SMILES string of the molecule is CN/C(C)=C\C(=O)Nc1cccc(C)n1. The van der Waals surface area contributed by atoms with Crippen molar-refractivity contribution < 1.29 is 4.79 Å². The molecule has 0 unspecified atom stereocenters. The van der Waals surface area contributed by atoms with Gasteiger partial charge in [0.1, 0.15) is 5.82 Å². The summed E-state index contributed by atoms with van der Waals surface area (Å²) in [5, 5.41) is 5.55. The Bertz CT molecular complexity index is 385. The van der Waals surface area contributed by atoms with Crippen LogP contribution in [-0.2, 0) is 4.79 Å². The minimum Gasteiger partial charge on any atom is -0.391 e. The maximum absolute atomic E-state index is 11.4. The van der Waals surface area contributed by atoms with E-state index in [-0.39, 0.29) is 5.91 Å². The van der Waals surface area contributed by atoms with E-state index in [0.29, 0.717) is 5.82 Å². The number of aryl methyl sites for hydroxylation is 1. The lowest BCUT2D eigenvalue weighted by molar-refractivity contribution is -0.112. The summed E-state index contributed by atoms with van der Waals surface area (Å²) in [6, 6.07) is 5.49. The summed E-state index contributed by atoms with van der Waals surface area (Å²) in [5.74, 6) is 0.389. The van der Waals surface area contributed by atoms with Crippen LogP contribution in [0.4, 0.5) is 5.82 Å². The fourth-order valence-electron chi connectivity index (χ4n) is 1.04. The predicted octanol–water partition coefficient (Wildman–Crippen LogP) is 1.45. The van der Waals surface area contributed by atoms with Crippen molar-refractivity contribution in [2.24, 2.45) is 0 Å². The Morgan fingerprint density at radius 3 is 2.80 bits per heavy atom. The van der Waals surface area contributed by atoms with Crippen LogP contribution in [0.5, 0.6) is 0 Å². The highest BCUT2D eigenvalue weighted by atomic mass is 16.1. The van der Waals surface area contributed by atoms with E-state index in [2.05, 4.69) is 15.6 Å². The highest BCUT2D eigenvalue weighted by Crippen LogP contribution is 2.03. The van der Waals surface area contributed by atoms with Gasteiger partial charge in [-0.3, -0.25) is 4.79 Å². The molecular formula is C11H15N3O. The van der Waals surface area contributed by atoms with E-state index < -0.39 is 0 Å². The van der Waals surface area contributed by atoms with Crippen molar-refractivity contribution in [2.45, 2.75) is 13.8 Å². The largest absolute Gasteiger partial charge is 0.391 e. The third-order valence-corrected chi connectivity index (χ3v) is 1.88. The van der Waals surface area contributed by atoms with Gasteiger partial charge >= 0.3 is 0 Å². The Balaban J connectivity index is 2.67. The molecule has 80 valence electrons. The zero-order valence-electron chi connectivity index (χ0n) is 9.16. The second-order valence-corrected chi connectivity index (χ2v) is 3.23. The van der Waals surface area contributed by atoms with E-state index in [1.54, 1.807) is 13.1 Å². The number of hydrogen-bond acceptors (Lipinski definition) is 3. The molecule has 0 fully saturated rings. The topological polar surface area (TPSA) is 54.0 Å². The zero-order valence-corrected chi connectivity index (χ0v) is 9.16. The molecule has 0 saturated carbocycles. The van der Waals surface area contributed by atoms with Gasteiger partial charge in [0.15, 0.2) is 0 Å². The number of pyridine rings is 1. The smallest absolute Gasteiger partial charge is 0.251 e. The average molecular weight is 205 g/mol. The van der Waals surface area contributed by atoms with Gasteiger partial charge in [-0.15, -0.1) is 0 Å². The van der Waals surface area contributed by atoms with Gasteiger partial charge in [-0.2, -0.15) is 0 Å². The molecule has 1 heterocycles. The molecule has 0 aliphatic heterocycles. The summed E-state index contributed by atoms with van der Waals surface area (Å²) in [6.45, 7) is 3.70. The summed E-state index contributed by atoms with van der Waals surface area (Å²) in [5.41, 5.74) is 1.68. The van der Waals surface area contributed by atoms with Crippen LogP contribution in [0, 0.1) is 6.92 Å². The van der Waals surface area contributed by atoms with Crippen LogP contribution in [0.2, 0.25) is 0 Å². The quantitative estimate of drug-likeness (QED) is 0.734. The van der Waals surface area contributed by atoms with Crippen LogP contribution in [-0.4, -0.2) is 17.9 Å². The van der Waals surface area contributed by atoms with Crippen LogP contribution < -0.4 is 10.6 Å². The second-order valence-electron chi connectivity index (χ2n) is 3.23. The number of aromatic nitrogens is 1. The highest BCUT2D eigenvalue weighted by molar-refractivity contribution is 5.98. The number of anilines is 1. The third kappa shape index (κ3) is 3.81. The number of nitrogens with zero attached hydrogens (tertiary/aromatic N) is 1. The van der Waals surface area contributed by atoms with E-state index in [1.807, 2.05) is 26.0 Å². The fraction of sp³-hybridized carbons (Fsp3) is 0.273. The molecule has 0 aliphatic carbocycles. The lowest BCUT2D eigenvalue weighted by Crippen LogP contribution is -2.13. The normalized spacial score (nSPS) is 11.0. The summed E-state index contributed by atoms with van der Waals surface area (Å²) in [7, 11) is 1.77.